The molecule has 0 radical (unpaired) electrons. The maximum absolute atomic E-state index is 12.1. The van der Waals surface area contributed by atoms with Gasteiger partial charge in [-0.15, -0.1) is 15.0 Å². The minimum atomic E-state index is -4.03. The molecule has 0 aliphatic carbocycles. The van der Waals surface area contributed by atoms with Gasteiger partial charge in [0.1, 0.15) is 10.7 Å². The van der Waals surface area contributed by atoms with Crippen LogP contribution in [0.5, 0.6) is 0 Å². The molecule has 10 nitrogen and oxygen atoms in total. The van der Waals surface area contributed by atoms with Crippen molar-refractivity contribution in [1.29, 1.82) is 0 Å². The Bertz CT molecular complexity index is 1040. The highest BCUT2D eigenvalue weighted by Gasteiger charge is 2.16. The number of nitrogens with zero attached hydrogens (tertiary/aromatic N) is 6. The number of halogens is 1. The van der Waals surface area contributed by atoms with Gasteiger partial charge in [0.15, 0.2) is 5.82 Å². The maximum Gasteiger partial charge on any atom is 0.358 e. The number of tetrazole rings is 1. The third-order valence-electron chi connectivity index (χ3n) is 3.08. The van der Waals surface area contributed by atoms with Crippen LogP contribution in [-0.4, -0.2) is 39.5 Å². The second-order valence-corrected chi connectivity index (χ2v) is 7.24. The van der Waals surface area contributed by atoms with Crippen LogP contribution in [0, 0.1) is 6.92 Å². The first-order chi connectivity index (χ1) is 12.3. The number of hydrogen-bond donors (Lipinski definition) is 0. The minimum absolute atomic E-state index is 0.0519. The highest BCUT2D eigenvalue weighted by molar-refractivity contribution is 7.86. The van der Waals surface area contributed by atoms with Gasteiger partial charge in [0, 0.05) is 11.1 Å². The summed E-state index contributed by atoms with van der Waals surface area (Å²) in [4.78, 5) is 1.15. The summed E-state index contributed by atoms with van der Waals surface area (Å²) >= 11 is 5.73. The van der Waals surface area contributed by atoms with E-state index >= 15 is 0 Å². The first-order valence-electron chi connectivity index (χ1n) is 7.29. The van der Waals surface area contributed by atoms with E-state index in [1.165, 1.54) is 29.1 Å². The van der Waals surface area contributed by atoms with Gasteiger partial charge >= 0.3 is 10.1 Å². The van der Waals surface area contributed by atoms with E-state index in [1.54, 1.807) is 19.9 Å². The van der Waals surface area contributed by atoms with Gasteiger partial charge in [0.05, 0.1) is 12.1 Å². The fraction of sp³-hybridized carbons (Fsp3) is 0.214. The SMILES string of the molecule is C/C(Cc1nnn(-c2cc(C)on2)n1)=N\OS(=O)(=O)c1ccc(Cl)cc1. The lowest BCUT2D eigenvalue weighted by Crippen LogP contribution is -2.07. The van der Waals surface area contributed by atoms with Gasteiger partial charge in [-0.2, -0.15) is 8.42 Å². The van der Waals surface area contributed by atoms with Crippen molar-refractivity contribution in [3.05, 3.63) is 46.9 Å². The van der Waals surface area contributed by atoms with Crippen LogP contribution in [0.2, 0.25) is 5.02 Å². The van der Waals surface area contributed by atoms with E-state index in [0.717, 1.165) is 0 Å². The first kappa shape index (κ1) is 18.0. The summed E-state index contributed by atoms with van der Waals surface area (Å²) in [6.45, 7) is 3.32. The topological polar surface area (TPSA) is 125 Å². The molecule has 1 aromatic carbocycles. The van der Waals surface area contributed by atoms with Gasteiger partial charge in [0.25, 0.3) is 0 Å². The maximum atomic E-state index is 12.1. The fourth-order valence-corrected chi connectivity index (χ4v) is 2.78. The Kier molecular flexibility index (Phi) is 5.00. The van der Waals surface area contributed by atoms with Gasteiger partial charge in [-0.05, 0) is 43.3 Å². The summed E-state index contributed by atoms with van der Waals surface area (Å²) in [6.07, 6.45) is 0.146. The molecule has 0 aliphatic heterocycles. The van der Waals surface area contributed by atoms with Crippen LogP contribution in [0.1, 0.15) is 18.5 Å². The van der Waals surface area contributed by atoms with Crippen LogP contribution < -0.4 is 0 Å². The van der Waals surface area contributed by atoms with Gasteiger partial charge in [-0.25, -0.2) is 0 Å². The second-order valence-electron chi connectivity index (χ2n) is 5.28. The van der Waals surface area contributed by atoms with E-state index in [1.807, 2.05) is 0 Å². The first-order valence-corrected chi connectivity index (χ1v) is 9.07. The predicted octanol–water partition coefficient (Wildman–Crippen LogP) is 1.94. The molecule has 0 bridgehead atoms. The van der Waals surface area contributed by atoms with Crippen LogP contribution in [0.15, 0.2) is 44.9 Å². The molecule has 0 amide bonds. The monoisotopic (exact) mass is 396 g/mol. The summed E-state index contributed by atoms with van der Waals surface area (Å²) in [5.41, 5.74) is 0.346. The number of aromatic nitrogens is 5. The quantitative estimate of drug-likeness (QED) is 0.457. The molecule has 136 valence electrons. The summed E-state index contributed by atoms with van der Waals surface area (Å²) in [6, 6.07) is 7.20. The Morgan fingerprint density at radius 3 is 2.73 bits per heavy atom. The van der Waals surface area contributed by atoms with Crippen molar-refractivity contribution in [3.8, 4) is 5.82 Å². The lowest BCUT2D eigenvalue weighted by atomic mass is 10.3. The zero-order valence-corrected chi connectivity index (χ0v) is 15.3. The third-order valence-corrected chi connectivity index (χ3v) is 4.46. The van der Waals surface area contributed by atoms with Crippen molar-refractivity contribution in [3.63, 3.8) is 0 Å². The van der Waals surface area contributed by atoms with Crippen LogP contribution in [-0.2, 0) is 20.8 Å². The molecule has 0 aliphatic rings. The molecule has 2 aromatic heterocycles. The molecule has 12 heteroatoms. The van der Waals surface area contributed by atoms with Gasteiger partial charge in [0.2, 0.25) is 5.82 Å². The molecular formula is C14H13ClN6O4S. The highest BCUT2D eigenvalue weighted by Crippen LogP contribution is 2.16. The lowest BCUT2D eigenvalue weighted by molar-refractivity contribution is 0.337. The van der Waals surface area contributed by atoms with Gasteiger partial charge in [-0.3, -0.25) is 4.28 Å². The molecule has 0 fully saturated rings. The number of aryl methyl sites for hydroxylation is 1. The fourth-order valence-electron chi connectivity index (χ4n) is 1.88. The molecule has 0 N–H and O–H groups in total. The molecule has 3 aromatic rings. The van der Waals surface area contributed by atoms with Crippen molar-refractivity contribution in [2.45, 2.75) is 25.2 Å². The minimum Gasteiger partial charge on any atom is -0.359 e. The van der Waals surface area contributed by atoms with Gasteiger partial charge in [-0.1, -0.05) is 21.9 Å². The lowest BCUT2D eigenvalue weighted by Gasteiger charge is -2.02. The third kappa shape index (κ3) is 4.24. The smallest absolute Gasteiger partial charge is 0.358 e. The van der Waals surface area contributed by atoms with Crippen LogP contribution >= 0.6 is 11.6 Å². The standard InChI is InChI=1S/C14H13ClN6O4S/c1-9(18-25-26(22,23)12-5-3-11(15)4-6-12)7-13-16-20-21(17-13)14-8-10(2)24-19-14/h3-6,8H,7H2,1-2H3/b18-9+. The Hall–Kier alpha value is -2.79. The Morgan fingerprint density at radius 2 is 2.08 bits per heavy atom. The van der Waals surface area contributed by atoms with E-state index in [9.17, 15) is 8.42 Å². The van der Waals surface area contributed by atoms with Crippen LogP contribution in [0.3, 0.4) is 0 Å². The summed E-state index contributed by atoms with van der Waals surface area (Å²) in [7, 11) is -4.03. The molecular weight excluding hydrogens is 384 g/mol. The molecule has 0 spiro atoms. The molecule has 0 atom stereocenters. The Labute approximate surface area is 153 Å². The normalized spacial score (nSPS) is 12.3. The van der Waals surface area contributed by atoms with Crippen molar-refractivity contribution < 1.29 is 17.2 Å². The van der Waals surface area contributed by atoms with E-state index < -0.39 is 10.1 Å². The number of rotatable bonds is 6. The zero-order chi connectivity index (χ0) is 18.7. The molecule has 0 saturated carbocycles. The summed E-state index contributed by atoms with van der Waals surface area (Å²) < 4.78 is 33.7. The molecule has 3 rings (SSSR count). The van der Waals surface area contributed by atoms with Crippen molar-refractivity contribution in [2.75, 3.05) is 0 Å². The molecule has 26 heavy (non-hydrogen) atoms. The van der Waals surface area contributed by atoms with Crippen LogP contribution in [0.4, 0.5) is 0 Å². The Balaban J connectivity index is 1.67. The molecule has 0 saturated heterocycles. The van der Waals surface area contributed by atoms with E-state index in [-0.39, 0.29) is 11.3 Å². The second kappa shape index (κ2) is 7.22. The molecule has 2 heterocycles. The predicted molar refractivity (Wildman–Crippen MR) is 90.5 cm³/mol. The average molecular weight is 397 g/mol. The van der Waals surface area contributed by atoms with E-state index in [4.69, 9.17) is 20.4 Å². The van der Waals surface area contributed by atoms with Crippen molar-refractivity contribution >= 4 is 27.4 Å². The van der Waals surface area contributed by atoms with E-state index in [2.05, 4.69) is 25.7 Å². The van der Waals surface area contributed by atoms with Crippen molar-refractivity contribution in [1.82, 2.24) is 25.4 Å². The number of benzene rings is 1. The van der Waals surface area contributed by atoms with Crippen LogP contribution in [0.25, 0.3) is 5.82 Å². The van der Waals surface area contributed by atoms with Gasteiger partial charge < -0.3 is 4.52 Å². The average Bonchev–Trinajstić information content (AvgIpc) is 3.22. The zero-order valence-electron chi connectivity index (χ0n) is 13.7. The number of hydrogen-bond acceptors (Lipinski definition) is 9. The van der Waals surface area contributed by atoms with Crippen molar-refractivity contribution in [2.24, 2.45) is 5.16 Å². The highest BCUT2D eigenvalue weighted by atomic mass is 35.5. The largest absolute Gasteiger partial charge is 0.359 e. The summed E-state index contributed by atoms with van der Waals surface area (Å²) in [5.74, 6) is 1.31. The summed E-state index contributed by atoms with van der Waals surface area (Å²) in [5, 5.41) is 19.6. The Morgan fingerprint density at radius 1 is 1.35 bits per heavy atom. The number of oxime groups is 1. The molecule has 0 unspecified atom stereocenters. The van der Waals surface area contributed by atoms with E-state index in [0.29, 0.717) is 28.1 Å².